The van der Waals surface area contributed by atoms with Crippen molar-refractivity contribution < 1.29 is 14.0 Å². The number of primary amides is 1. The maximum atomic E-state index is 13.2. The maximum absolute atomic E-state index is 13.2. The number of nitrogens with one attached hydrogen (secondary N) is 1. The van der Waals surface area contributed by atoms with Crippen molar-refractivity contribution in [2.45, 2.75) is 44.3 Å². The van der Waals surface area contributed by atoms with E-state index >= 15 is 0 Å². The number of hydrogen-bond donors (Lipinski definition) is 3. The van der Waals surface area contributed by atoms with Crippen molar-refractivity contribution in [3.63, 3.8) is 0 Å². The van der Waals surface area contributed by atoms with Crippen LogP contribution in [0.15, 0.2) is 42.5 Å². The zero-order valence-electron chi connectivity index (χ0n) is 17.3. The largest absolute Gasteiger partial charge is 0.384 e. The van der Waals surface area contributed by atoms with Gasteiger partial charge in [-0.05, 0) is 61.1 Å². The molecule has 2 aromatic rings. The number of aryl methyl sites for hydroxylation is 1. The molecule has 3 atom stereocenters. The van der Waals surface area contributed by atoms with E-state index in [-0.39, 0.29) is 17.8 Å². The molecule has 0 radical (unpaired) electrons. The molecule has 2 heterocycles. The average molecular weight is 423 g/mol. The SMILES string of the molecule is C[C@@H](C(=O)N[C@@H]1CCc2nc(N)ccc21)N1CCC(c2ccc(F)cc2)=CC1C(N)=O. The molecule has 0 saturated carbocycles. The number of nitrogens with two attached hydrogens (primary N) is 2. The van der Waals surface area contributed by atoms with E-state index in [1.165, 1.54) is 12.1 Å². The Kier molecular flexibility index (Phi) is 5.73. The highest BCUT2D eigenvalue weighted by atomic mass is 19.1. The van der Waals surface area contributed by atoms with Crippen molar-refractivity contribution in [2.75, 3.05) is 12.3 Å². The first-order valence-electron chi connectivity index (χ1n) is 10.4. The van der Waals surface area contributed by atoms with Crippen molar-refractivity contribution >= 4 is 23.2 Å². The van der Waals surface area contributed by atoms with Crippen LogP contribution in [0.25, 0.3) is 5.57 Å². The average Bonchev–Trinajstić information content (AvgIpc) is 3.14. The van der Waals surface area contributed by atoms with Gasteiger partial charge in [0.25, 0.3) is 0 Å². The van der Waals surface area contributed by atoms with Crippen LogP contribution in [0.5, 0.6) is 0 Å². The number of benzene rings is 1. The van der Waals surface area contributed by atoms with Crippen LogP contribution in [-0.2, 0) is 16.0 Å². The molecular formula is C23H26FN5O2. The standard InChI is InChI=1S/C23H26FN5O2/c1-13(23(31)28-19-8-7-18-17(19)6-9-21(25)27-18)29-11-10-15(12-20(29)22(26)30)14-2-4-16(24)5-3-14/h2-6,9,12-13,19-20H,7-8,10-11H2,1H3,(H2,25,27)(H2,26,30)(H,28,31)/t13-,19+,20?/m0/s1. The van der Waals surface area contributed by atoms with Gasteiger partial charge in [0.1, 0.15) is 17.7 Å². The van der Waals surface area contributed by atoms with E-state index in [1.807, 2.05) is 11.0 Å². The van der Waals surface area contributed by atoms with Crippen molar-refractivity contribution in [3.8, 4) is 0 Å². The van der Waals surface area contributed by atoms with E-state index in [9.17, 15) is 14.0 Å². The molecule has 31 heavy (non-hydrogen) atoms. The van der Waals surface area contributed by atoms with Crippen molar-refractivity contribution in [1.29, 1.82) is 0 Å². The summed E-state index contributed by atoms with van der Waals surface area (Å²) in [5, 5.41) is 3.08. The van der Waals surface area contributed by atoms with E-state index in [2.05, 4.69) is 10.3 Å². The maximum Gasteiger partial charge on any atom is 0.238 e. The Morgan fingerprint density at radius 1 is 1.19 bits per heavy atom. The van der Waals surface area contributed by atoms with Crippen LogP contribution in [-0.4, -0.2) is 40.3 Å². The Balaban J connectivity index is 1.49. The van der Waals surface area contributed by atoms with Gasteiger partial charge in [0.15, 0.2) is 0 Å². The summed E-state index contributed by atoms with van der Waals surface area (Å²) in [6.07, 6.45) is 3.93. The van der Waals surface area contributed by atoms with Gasteiger partial charge in [0.05, 0.1) is 12.1 Å². The zero-order chi connectivity index (χ0) is 22.1. The monoisotopic (exact) mass is 423 g/mol. The van der Waals surface area contributed by atoms with Crippen molar-refractivity contribution in [3.05, 3.63) is 65.1 Å². The predicted octanol–water partition coefficient (Wildman–Crippen LogP) is 1.94. The summed E-state index contributed by atoms with van der Waals surface area (Å²) in [5.74, 6) is -0.533. The Bertz CT molecular complexity index is 1040. The summed E-state index contributed by atoms with van der Waals surface area (Å²) in [6.45, 7) is 2.27. The van der Waals surface area contributed by atoms with E-state index in [0.717, 1.165) is 35.2 Å². The van der Waals surface area contributed by atoms with Crippen LogP contribution in [0.3, 0.4) is 0 Å². The van der Waals surface area contributed by atoms with Crippen LogP contribution in [0.1, 0.15) is 42.6 Å². The highest BCUT2D eigenvalue weighted by Gasteiger charge is 2.35. The topological polar surface area (TPSA) is 114 Å². The van der Waals surface area contributed by atoms with Crippen LogP contribution in [0, 0.1) is 5.82 Å². The summed E-state index contributed by atoms with van der Waals surface area (Å²) >= 11 is 0. The number of rotatable bonds is 5. The Labute approximate surface area is 180 Å². The quantitative estimate of drug-likeness (QED) is 0.680. The van der Waals surface area contributed by atoms with Gasteiger partial charge in [0.2, 0.25) is 11.8 Å². The normalized spacial score (nSPS) is 21.8. The molecule has 1 unspecified atom stereocenters. The number of halogens is 1. The predicted molar refractivity (Wildman–Crippen MR) is 116 cm³/mol. The first-order chi connectivity index (χ1) is 14.8. The number of pyridine rings is 1. The molecular weight excluding hydrogens is 397 g/mol. The van der Waals surface area contributed by atoms with Crippen LogP contribution in [0.4, 0.5) is 10.2 Å². The Morgan fingerprint density at radius 2 is 1.94 bits per heavy atom. The lowest BCUT2D eigenvalue weighted by atomic mass is 9.94. The third-order valence-corrected chi connectivity index (χ3v) is 6.13. The lowest BCUT2D eigenvalue weighted by molar-refractivity contribution is -0.130. The highest BCUT2D eigenvalue weighted by molar-refractivity contribution is 5.88. The van der Waals surface area contributed by atoms with E-state index < -0.39 is 18.0 Å². The molecule has 5 N–H and O–H groups in total. The molecule has 162 valence electrons. The van der Waals surface area contributed by atoms with Crippen LogP contribution < -0.4 is 16.8 Å². The molecule has 0 spiro atoms. The van der Waals surface area contributed by atoms with Gasteiger partial charge in [-0.15, -0.1) is 0 Å². The first kappa shape index (κ1) is 21.0. The molecule has 1 aliphatic carbocycles. The second kappa shape index (κ2) is 8.47. The van der Waals surface area contributed by atoms with Crippen LogP contribution in [0.2, 0.25) is 0 Å². The second-order valence-electron chi connectivity index (χ2n) is 8.08. The summed E-state index contributed by atoms with van der Waals surface area (Å²) in [4.78, 5) is 31.4. The number of nitrogen functional groups attached to an aromatic ring is 1. The highest BCUT2D eigenvalue weighted by Crippen LogP contribution is 2.31. The number of amides is 2. The van der Waals surface area contributed by atoms with Gasteiger partial charge in [-0.2, -0.15) is 0 Å². The molecule has 2 aliphatic rings. The number of carbonyl (C=O) groups is 2. The molecule has 1 aromatic heterocycles. The fraction of sp³-hybridized carbons (Fsp3) is 0.348. The molecule has 2 amide bonds. The van der Waals surface area contributed by atoms with Crippen LogP contribution >= 0.6 is 0 Å². The smallest absolute Gasteiger partial charge is 0.238 e. The molecule has 7 nitrogen and oxygen atoms in total. The summed E-state index contributed by atoms with van der Waals surface area (Å²) in [7, 11) is 0. The van der Waals surface area contributed by atoms with Crippen molar-refractivity contribution in [1.82, 2.24) is 15.2 Å². The van der Waals surface area contributed by atoms with Gasteiger partial charge >= 0.3 is 0 Å². The minimum Gasteiger partial charge on any atom is -0.384 e. The summed E-state index contributed by atoms with van der Waals surface area (Å²) in [6, 6.07) is 8.40. The minimum absolute atomic E-state index is 0.125. The van der Waals surface area contributed by atoms with E-state index in [0.29, 0.717) is 18.8 Å². The number of carbonyl (C=O) groups excluding carboxylic acids is 2. The molecule has 8 heteroatoms. The number of fused-ring (bicyclic) bond motifs is 1. The number of aromatic nitrogens is 1. The van der Waals surface area contributed by atoms with Gasteiger partial charge in [-0.25, -0.2) is 9.37 Å². The van der Waals surface area contributed by atoms with E-state index in [4.69, 9.17) is 11.5 Å². The lowest BCUT2D eigenvalue weighted by Crippen LogP contribution is -2.55. The lowest BCUT2D eigenvalue weighted by Gasteiger charge is -2.36. The molecule has 0 saturated heterocycles. The van der Waals surface area contributed by atoms with Gasteiger partial charge in [-0.1, -0.05) is 24.3 Å². The number of hydrogen-bond acceptors (Lipinski definition) is 5. The van der Waals surface area contributed by atoms with E-state index in [1.54, 1.807) is 31.2 Å². The Hall–Kier alpha value is -3.26. The number of nitrogens with zero attached hydrogens (tertiary/aromatic N) is 2. The van der Waals surface area contributed by atoms with Gasteiger partial charge in [-0.3, -0.25) is 14.5 Å². The van der Waals surface area contributed by atoms with Crippen molar-refractivity contribution in [2.24, 2.45) is 5.73 Å². The number of anilines is 1. The zero-order valence-corrected chi connectivity index (χ0v) is 17.3. The molecule has 1 aromatic carbocycles. The van der Waals surface area contributed by atoms with Gasteiger partial charge < -0.3 is 16.8 Å². The molecule has 0 fully saturated rings. The second-order valence-corrected chi connectivity index (χ2v) is 8.08. The third kappa shape index (κ3) is 4.29. The molecule has 4 rings (SSSR count). The fourth-order valence-corrected chi connectivity index (χ4v) is 4.42. The third-order valence-electron chi connectivity index (χ3n) is 6.13. The molecule has 1 aliphatic heterocycles. The fourth-order valence-electron chi connectivity index (χ4n) is 4.42. The van der Waals surface area contributed by atoms with Gasteiger partial charge in [0, 0.05) is 12.2 Å². The summed E-state index contributed by atoms with van der Waals surface area (Å²) < 4.78 is 13.2. The summed E-state index contributed by atoms with van der Waals surface area (Å²) in [5.41, 5.74) is 15.1. The molecule has 0 bridgehead atoms. The Morgan fingerprint density at radius 3 is 2.65 bits per heavy atom. The minimum atomic E-state index is -0.716. The first-order valence-corrected chi connectivity index (χ1v) is 10.4.